The molecular formula is C15H19BrN4O2. The number of hydrogen-bond donors (Lipinski definition) is 0. The maximum atomic E-state index is 12.7. The summed E-state index contributed by atoms with van der Waals surface area (Å²) in [5.41, 5.74) is 2.39. The molecule has 3 rings (SSSR count). The standard InChI is InChI=1S/C15H19BrN4O2/c1-9-4-5-13-10(6-9)14(18-22-13)15(21)19(2)8-12-11(16)7-17-20(12)3/h7,9H,4-6,8H2,1-3H3. The van der Waals surface area contributed by atoms with E-state index in [1.807, 2.05) is 7.05 Å². The monoisotopic (exact) mass is 366 g/mol. The minimum atomic E-state index is -0.104. The van der Waals surface area contributed by atoms with E-state index in [2.05, 4.69) is 33.1 Å². The zero-order valence-corrected chi connectivity index (χ0v) is 14.6. The Kier molecular flexibility index (Phi) is 4.08. The van der Waals surface area contributed by atoms with E-state index in [0.29, 0.717) is 18.2 Å². The Morgan fingerprint density at radius 3 is 3.05 bits per heavy atom. The number of hydrogen-bond acceptors (Lipinski definition) is 4. The van der Waals surface area contributed by atoms with Gasteiger partial charge in [-0.1, -0.05) is 12.1 Å². The molecule has 22 heavy (non-hydrogen) atoms. The Bertz CT molecular complexity index is 687. The van der Waals surface area contributed by atoms with Gasteiger partial charge in [0.25, 0.3) is 5.91 Å². The van der Waals surface area contributed by atoms with Crippen LogP contribution in [0.15, 0.2) is 15.2 Å². The SMILES string of the molecule is CC1CCc2onc(C(=O)N(C)Cc3c(Br)cnn3C)c2C1. The van der Waals surface area contributed by atoms with Crippen LogP contribution in [0.2, 0.25) is 0 Å². The number of amides is 1. The molecule has 0 spiro atoms. The van der Waals surface area contributed by atoms with E-state index in [9.17, 15) is 4.79 Å². The van der Waals surface area contributed by atoms with E-state index in [-0.39, 0.29) is 5.91 Å². The second kappa shape index (κ2) is 5.87. The van der Waals surface area contributed by atoms with Crippen LogP contribution < -0.4 is 0 Å². The van der Waals surface area contributed by atoms with Gasteiger partial charge in [0, 0.05) is 26.1 Å². The van der Waals surface area contributed by atoms with Gasteiger partial charge in [0.2, 0.25) is 0 Å². The predicted octanol–water partition coefficient (Wildman–Crippen LogP) is 2.57. The van der Waals surface area contributed by atoms with Crippen LogP contribution >= 0.6 is 15.9 Å². The molecular weight excluding hydrogens is 348 g/mol. The van der Waals surface area contributed by atoms with Gasteiger partial charge in [-0.15, -0.1) is 0 Å². The molecule has 0 fully saturated rings. The number of rotatable bonds is 3. The van der Waals surface area contributed by atoms with Crippen LogP contribution in [-0.2, 0) is 26.4 Å². The van der Waals surface area contributed by atoms with E-state index in [1.54, 1.807) is 22.8 Å². The van der Waals surface area contributed by atoms with Crippen molar-refractivity contribution in [1.82, 2.24) is 19.8 Å². The van der Waals surface area contributed by atoms with E-state index in [1.165, 1.54) is 0 Å². The summed E-state index contributed by atoms with van der Waals surface area (Å²) in [5.74, 6) is 1.33. The first kappa shape index (κ1) is 15.3. The number of carbonyl (C=O) groups is 1. The fourth-order valence-electron chi connectivity index (χ4n) is 2.84. The summed E-state index contributed by atoms with van der Waals surface area (Å²) in [7, 11) is 3.63. The van der Waals surface area contributed by atoms with Crippen molar-refractivity contribution in [2.24, 2.45) is 13.0 Å². The van der Waals surface area contributed by atoms with Crippen molar-refractivity contribution in [2.45, 2.75) is 32.7 Å². The largest absolute Gasteiger partial charge is 0.360 e. The van der Waals surface area contributed by atoms with Gasteiger partial charge in [-0.25, -0.2) is 0 Å². The van der Waals surface area contributed by atoms with Crippen LogP contribution in [0, 0.1) is 5.92 Å². The Morgan fingerprint density at radius 1 is 1.59 bits per heavy atom. The van der Waals surface area contributed by atoms with Crippen molar-refractivity contribution in [3.8, 4) is 0 Å². The first-order valence-electron chi connectivity index (χ1n) is 7.36. The third-order valence-corrected chi connectivity index (χ3v) is 4.90. The Balaban J connectivity index is 1.81. The smallest absolute Gasteiger partial charge is 0.276 e. The molecule has 1 atom stereocenters. The molecule has 118 valence electrons. The van der Waals surface area contributed by atoms with Crippen molar-refractivity contribution < 1.29 is 9.32 Å². The lowest BCUT2D eigenvalue weighted by Gasteiger charge is -2.19. The highest BCUT2D eigenvalue weighted by Gasteiger charge is 2.28. The second-order valence-electron chi connectivity index (χ2n) is 6.00. The zero-order chi connectivity index (χ0) is 15.9. The molecule has 2 aromatic rings. The second-order valence-corrected chi connectivity index (χ2v) is 6.86. The third kappa shape index (κ3) is 2.69. The van der Waals surface area contributed by atoms with Crippen LogP contribution in [0.5, 0.6) is 0 Å². The normalized spacial score (nSPS) is 17.4. The number of halogens is 1. The maximum Gasteiger partial charge on any atom is 0.276 e. The number of nitrogens with zero attached hydrogens (tertiary/aromatic N) is 4. The average molecular weight is 367 g/mol. The average Bonchev–Trinajstić information content (AvgIpc) is 3.04. The minimum absolute atomic E-state index is 0.104. The Morgan fingerprint density at radius 2 is 2.36 bits per heavy atom. The predicted molar refractivity (Wildman–Crippen MR) is 84.4 cm³/mol. The highest BCUT2D eigenvalue weighted by atomic mass is 79.9. The molecule has 0 aromatic carbocycles. The highest BCUT2D eigenvalue weighted by Crippen LogP contribution is 2.28. The van der Waals surface area contributed by atoms with Crippen molar-refractivity contribution >= 4 is 21.8 Å². The third-order valence-electron chi connectivity index (χ3n) is 4.23. The summed E-state index contributed by atoms with van der Waals surface area (Å²) in [6, 6.07) is 0. The molecule has 0 aliphatic heterocycles. The summed E-state index contributed by atoms with van der Waals surface area (Å²) < 4.78 is 8.02. The molecule has 0 saturated heterocycles. The summed E-state index contributed by atoms with van der Waals surface area (Å²) in [4.78, 5) is 14.3. The lowest BCUT2D eigenvalue weighted by atomic mass is 9.88. The molecule has 0 saturated carbocycles. The van der Waals surface area contributed by atoms with Crippen LogP contribution in [0.3, 0.4) is 0 Å². The fourth-order valence-corrected chi connectivity index (χ4v) is 3.31. The molecule has 1 aliphatic rings. The number of carbonyl (C=O) groups excluding carboxylic acids is 1. The van der Waals surface area contributed by atoms with Gasteiger partial charge >= 0.3 is 0 Å². The molecule has 6 nitrogen and oxygen atoms in total. The molecule has 2 aromatic heterocycles. The van der Waals surface area contributed by atoms with Crippen LogP contribution in [-0.4, -0.2) is 32.8 Å². The summed E-state index contributed by atoms with van der Waals surface area (Å²) in [5, 5.41) is 8.20. The minimum Gasteiger partial charge on any atom is -0.360 e. The van der Waals surface area contributed by atoms with E-state index < -0.39 is 0 Å². The molecule has 1 unspecified atom stereocenters. The Hall–Kier alpha value is -1.63. The maximum absolute atomic E-state index is 12.7. The number of fused-ring (bicyclic) bond motifs is 1. The van der Waals surface area contributed by atoms with Crippen molar-refractivity contribution in [1.29, 1.82) is 0 Å². The quantitative estimate of drug-likeness (QED) is 0.837. The van der Waals surface area contributed by atoms with Crippen molar-refractivity contribution in [3.63, 3.8) is 0 Å². The molecule has 0 bridgehead atoms. The van der Waals surface area contributed by atoms with E-state index >= 15 is 0 Å². The van der Waals surface area contributed by atoms with Crippen molar-refractivity contribution in [2.75, 3.05) is 7.05 Å². The molecule has 1 aliphatic carbocycles. The first-order valence-corrected chi connectivity index (χ1v) is 8.16. The molecule has 2 heterocycles. The lowest BCUT2D eigenvalue weighted by Crippen LogP contribution is -2.29. The highest BCUT2D eigenvalue weighted by molar-refractivity contribution is 9.10. The van der Waals surface area contributed by atoms with Gasteiger partial charge in [0.05, 0.1) is 22.9 Å². The van der Waals surface area contributed by atoms with Crippen LogP contribution in [0.1, 0.15) is 40.9 Å². The van der Waals surface area contributed by atoms with E-state index in [0.717, 1.165) is 40.8 Å². The Labute approximate surface area is 137 Å². The van der Waals surface area contributed by atoms with Gasteiger partial charge in [-0.3, -0.25) is 9.48 Å². The summed E-state index contributed by atoms with van der Waals surface area (Å²) in [6.45, 7) is 2.66. The van der Waals surface area contributed by atoms with Crippen LogP contribution in [0.4, 0.5) is 0 Å². The van der Waals surface area contributed by atoms with Gasteiger partial charge in [-0.2, -0.15) is 5.10 Å². The van der Waals surface area contributed by atoms with E-state index in [4.69, 9.17) is 4.52 Å². The molecule has 0 radical (unpaired) electrons. The number of aromatic nitrogens is 3. The van der Waals surface area contributed by atoms with Crippen molar-refractivity contribution in [3.05, 3.63) is 33.4 Å². The van der Waals surface area contributed by atoms with Gasteiger partial charge in [-0.05, 0) is 34.7 Å². The number of aryl methyl sites for hydroxylation is 2. The van der Waals surface area contributed by atoms with Crippen LogP contribution in [0.25, 0.3) is 0 Å². The molecule has 0 N–H and O–H groups in total. The van der Waals surface area contributed by atoms with Gasteiger partial charge in [0.1, 0.15) is 5.76 Å². The molecule has 7 heteroatoms. The first-order chi connectivity index (χ1) is 10.5. The van der Waals surface area contributed by atoms with Gasteiger partial charge in [0.15, 0.2) is 5.69 Å². The summed E-state index contributed by atoms with van der Waals surface area (Å²) >= 11 is 3.46. The van der Waals surface area contributed by atoms with Gasteiger partial charge < -0.3 is 9.42 Å². The topological polar surface area (TPSA) is 64.2 Å². The molecule has 1 amide bonds. The summed E-state index contributed by atoms with van der Waals surface area (Å²) in [6.07, 6.45) is 4.55. The zero-order valence-electron chi connectivity index (χ0n) is 13.0. The fraction of sp³-hybridized carbons (Fsp3) is 0.533. The lowest BCUT2D eigenvalue weighted by molar-refractivity contribution is 0.0770.